The Morgan fingerprint density at radius 3 is 1.95 bits per heavy atom. The molecule has 0 bridgehead atoms. The van der Waals surface area contributed by atoms with Gasteiger partial charge >= 0.3 is 0 Å². The third kappa shape index (κ3) is 3.09. The highest BCUT2D eigenvalue weighted by molar-refractivity contribution is 6.16. The van der Waals surface area contributed by atoms with Gasteiger partial charge in [0.1, 0.15) is 11.4 Å². The maximum Gasteiger partial charge on any atom is 0.136 e. The van der Waals surface area contributed by atoms with E-state index in [0.29, 0.717) is 0 Å². The molecule has 0 spiro atoms. The molecule has 0 fully saturated rings. The largest absolute Gasteiger partial charge is 0.482 e. The minimum atomic E-state index is -0.282. The van der Waals surface area contributed by atoms with Gasteiger partial charge < -0.3 is 4.74 Å². The summed E-state index contributed by atoms with van der Waals surface area (Å²) in [5, 5.41) is 7.88. The summed E-state index contributed by atoms with van der Waals surface area (Å²) in [6, 6.07) is 36.0. The second kappa shape index (κ2) is 8.57. The average Bonchev–Trinajstić information content (AvgIpc) is 3.35. The third-order valence-electron chi connectivity index (χ3n) is 9.58. The topological polar surface area (TPSA) is 9.23 Å². The normalized spacial score (nSPS) is 15.3. The fourth-order valence-electron chi connectivity index (χ4n) is 7.44. The Bertz CT molecular complexity index is 1960. The van der Waals surface area contributed by atoms with Crippen LogP contribution in [0.4, 0.5) is 0 Å². The Kier molecular flexibility index (Phi) is 5.04. The van der Waals surface area contributed by atoms with Crippen LogP contribution in [0.3, 0.4) is 0 Å². The van der Waals surface area contributed by atoms with Crippen LogP contribution in [-0.4, -0.2) is 5.60 Å². The van der Waals surface area contributed by atoms with Gasteiger partial charge in [0.15, 0.2) is 0 Å². The lowest BCUT2D eigenvalue weighted by atomic mass is 9.76. The summed E-state index contributed by atoms with van der Waals surface area (Å²) in [7, 11) is 0. The molecule has 1 nitrogen and oxygen atoms in total. The van der Waals surface area contributed by atoms with Crippen molar-refractivity contribution in [2.45, 2.75) is 45.1 Å². The Balaban J connectivity index is 1.57. The maximum absolute atomic E-state index is 7.09. The first-order chi connectivity index (χ1) is 19.6. The number of hydrogen-bond donors (Lipinski definition) is 0. The fourth-order valence-corrected chi connectivity index (χ4v) is 7.44. The van der Waals surface area contributed by atoms with Gasteiger partial charge in [-0.25, -0.2) is 0 Å². The molecule has 6 aromatic carbocycles. The standard InChI is InChI=1S/C39H32O/c1-4-39(5-2)23-22-32-37(36-30-18-10-13-25-20-21-26-14-11-19-31(36)34(26)33(25)30)35(27-15-7-6-12-24(27)3)28-16-8-9-17-29(28)38(32)40-39/h6-23,36H,4-5H2,1-3H3. The molecule has 1 heterocycles. The molecule has 0 N–H and O–H groups in total. The van der Waals surface area contributed by atoms with Gasteiger partial charge in [-0.2, -0.15) is 0 Å². The second-order valence-electron chi connectivity index (χ2n) is 11.5. The van der Waals surface area contributed by atoms with Crippen molar-refractivity contribution in [3.05, 3.63) is 131 Å². The van der Waals surface area contributed by atoms with E-state index in [2.05, 4.69) is 130 Å². The quantitative estimate of drug-likeness (QED) is 0.211. The molecule has 194 valence electrons. The number of benzene rings is 6. The fraction of sp³-hybridized carbons (Fsp3) is 0.179. The van der Waals surface area contributed by atoms with E-state index in [1.54, 1.807) is 0 Å². The van der Waals surface area contributed by atoms with Gasteiger partial charge in [-0.1, -0.05) is 117 Å². The molecule has 0 radical (unpaired) electrons. The van der Waals surface area contributed by atoms with Gasteiger partial charge in [0.25, 0.3) is 0 Å². The summed E-state index contributed by atoms with van der Waals surface area (Å²) in [5.74, 6) is 1.14. The lowest BCUT2D eigenvalue weighted by Crippen LogP contribution is -2.34. The molecule has 8 rings (SSSR count). The van der Waals surface area contributed by atoms with E-state index in [4.69, 9.17) is 4.74 Å². The summed E-state index contributed by atoms with van der Waals surface area (Å²) in [4.78, 5) is 0. The average molecular weight is 517 g/mol. The van der Waals surface area contributed by atoms with Crippen LogP contribution in [0.25, 0.3) is 49.5 Å². The zero-order valence-corrected chi connectivity index (χ0v) is 23.3. The molecular formula is C39H32O. The Morgan fingerprint density at radius 1 is 0.675 bits per heavy atom. The molecule has 0 saturated heterocycles. The Labute approximate surface area is 235 Å². The molecule has 1 aliphatic heterocycles. The highest BCUT2D eigenvalue weighted by Crippen LogP contribution is 2.56. The van der Waals surface area contributed by atoms with Crippen LogP contribution in [0.1, 0.15) is 60.4 Å². The van der Waals surface area contributed by atoms with Gasteiger partial charge in [0.05, 0.1) is 0 Å². The van der Waals surface area contributed by atoms with Crippen LogP contribution in [0.5, 0.6) is 5.75 Å². The molecule has 0 unspecified atom stereocenters. The van der Waals surface area contributed by atoms with Crippen molar-refractivity contribution in [1.29, 1.82) is 0 Å². The SMILES string of the molecule is CCC1(CC)C=Cc2c(C3c4cccc5ccc6cccc3c6c45)c(-c3ccccc3C)c3ccccc3c2O1. The van der Waals surface area contributed by atoms with Crippen molar-refractivity contribution in [1.82, 2.24) is 0 Å². The summed E-state index contributed by atoms with van der Waals surface area (Å²) >= 11 is 0. The third-order valence-corrected chi connectivity index (χ3v) is 9.58. The number of ether oxygens (including phenoxy) is 1. The van der Waals surface area contributed by atoms with E-state index < -0.39 is 0 Å². The van der Waals surface area contributed by atoms with E-state index in [1.807, 2.05) is 0 Å². The number of hydrogen-bond acceptors (Lipinski definition) is 1. The van der Waals surface area contributed by atoms with Gasteiger partial charge in [0, 0.05) is 16.9 Å². The minimum absolute atomic E-state index is 0.113. The molecule has 40 heavy (non-hydrogen) atoms. The van der Waals surface area contributed by atoms with Crippen molar-refractivity contribution in [3.8, 4) is 16.9 Å². The summed E-state index contributed by atoms with van der Waals surface area (Å²) in [6.07, 6.45) is 6.60. The highest BCUT2D eigenvalue weighted by atomic mass is 16.5. The van der Waals surface area contributed by atoms with E-state index in [0.717, 1.165) is 18.6 Å². The van der Waals surface area contributed by atoms with E-state index >= 15 is 0 Å². The molecule has 2 aliphatic rings. The Morgan fingerprint density at radius 2 is 1.30 bits per heavy atom. The van der Waals surface area contributed by atoms with Crippen molar-refractivity contribution in [2.75, 3.05) is 0 Å². The van der Waals surface area contributed by atoms with Crippen molar-refractivity contribution >= 4 is 38.4 Å². The maximum atomic E-state index is 7.09. The summed E-state index contributed by atoms with van der Waals surface area (Å²) < 4.78 is 7.09. The predicted octanol–water partition coefficient (Wildman–Crippen LogP) is 10.6. The van der Waals surface area contributed by atoms with E-state index in [-0.39, 0.29) is 11.5 Å². The molecular weight excluding hydrogens is 484 g/mol. The van der Waals surface area contributed by atoms with Crippen LogP contribution in [0, 0.1) is 6.92 Å². The van der Waals surface area contributed by atoms with Crippen LogP contribution < -0.4 is 4.74 Å². The first kappa shape index (κ1) is 23.5. The zero-order chi connectivity index (χ0) is 27.0. The van der Waals surface area contributed by atoms with Crippen molar-refractivity contribution < 1.29 is 4.74 Å². The van der Waals surface area contributed by atoms with Gasteiger partial charge in [-0.05, 0) is 86.2 Å². The minimum Gasteiger partial charge on any atom is -0.482 e. The van der Waals surface area contributed by atoms with E-state index in [1.165, 1.54) is 71.3 Å². The van der Waals surface area contributed by atoms with Crippen LogP contribution in [-0.2, 0) is 0 Å². The number of rotatable bonds is 4. The predicted molar refractivity (Wildman–Crippen MR) is 169 cm³/mol. The first-order valence-corrected chi connectivity index (χ1v) is 14.6. The smallest absolute Gasteiger partial charge is 0.136 e. The lowest BCUT2D eigenvalue weighted by molar-refractivity contribution is 0.110. The summed E-state index contributed by atoms with van der Waals surface area (Å²) in [6.45, 7) is 6.71. The lowest BCUT2D eigenvalue weighted by Gasteiger charge is -2.36. The van der Waals surface area contributed by atoms with Crippen molar-refractivity contribution in [3.63, 3.8) is 0 Å². The summed E-state index contributed by atoms with van der Waals surface area (Å²) in [5.41, 5.74) is 9.00. The molecule has 1 aliphatic carbocycles. The zero-order valence-electron chi connectivity index (χ0n) is 23.3. The first-order valence-electron chi connectivity index (χ1n) is 14.6. The monoisotopic (exact) mass is 516 g/mol. The van der Waals surface area contributed by atoms with Crippen LogP contribution >= 0.6 is 0 Å². The van der Waals surface area contributed by atoms with Gasteiger partial charge in [0.2, 0.25) is 0 Å². The molecule has 0 amide bonds. The molecule has 0 saturated carbocycles. The Hall–Kier alpha value is -4.36. The van der Waals surface area contributed by atoms with Crippen LogP contribution in [0.15, 0.2) is 103 Å². The molecule has 6 aromatic rings. The van der Waals surface area contributed by atoms with E-state index in [9.17, 15) is 0 Å². The number of fused-ring (bicyclic) bond motifs is 3. The van der Waals surface area contributed by atoms with Crippen LogP contribution in [0.2, 0.25) is 0 Å². The second-order valence-corrected chi connectivity index (χ2v) is 11.5. The van der Waals surface area contributed by atoms with Gasteiger partial charge in [-0.15, -0.1) is 0 Å². The van der Waals surface area contributed by atoms with Crippen molar-refractivity contribution in [2.24, 2.45) is 0 Å². The highest BCUT2D eigenvalue weighted by Gasteiger charge is 2.37. The molecule has 0 aromatic heterocycles. The van der Waals surface area contributed by atoms with Gasteiger partial charge in [-0.3, -0.25) is 0 Å². The number of aryl methyl sites for hydroxylation is 1. The molecule has 1 heteroatoms. The molecule has 0 atom stereocenters.